The number of methoxy groups -OCH3 is 1. The lowest BCUT2D eigenvalue weighted by Gasteiger charge is -2.32. The fourth-order valence-corrected chi connectivity index (χ4v) is 1.41. The summed E-state index contributed by atoms with van der Waals surface area (Å²) in [6.45, 7) is 8.98. The van der Waals surface area contributed by atoms with E-state index in [-0.39, 0.29) is 11.5 Å². The average Bonchev–Trinajstić information content (AvgIpc) is 1.99. The zero-order valence-electron chi connectivity index (χ0n) is 9.33. The first-order valence-electron chi connectivity index (χ1n) is 4.72. The molecule has 0 aliphatic heterocycles. The van der Waals surface area contributed by atoms with Gasteiger partial charge in [0.25, 0.3) is 0 Å². The van der Waals surface area contributed by atoms with Crippen molar-refractivity contribution in [2.75, 3.05) is 20.3 Å². The van der Waals surface area contributed by atoms with Crippen LogP contribution in [0.2, 0.25) is 0 Å². The van der Waals surface area contributed by atoms with Crippen LogP contribution in [0, 0.1) is 5.41 Å². The second kappa shape index (κ2) is 5.58. The van der Waals surface area contributed by atoms with Crippen molar-refractivity contribution in [1.82, 2.24) is 0 Å². The average molecular weight is 190 g/mol. The summed E-state index contributed by atoms with van der Waals surface area (Å²) in [5.41, 5.74) is -0.0642. The highest BCUT2D eigenvalue weighted by molar-refractivity contribution is 4.80. The first kappa shape index (κ1) is 12.9. The van der Waals surface area contributed by atoms with E-state index in [9.17, 15) is 5.11 Å². The molecule has 0 saturated heterocycles. The van der Waals surface area contributed by atoms with Gasteiger partial charge in [0.2, 0.25) is 0 Å². The number of aliphatic hydroxyl groups excluding tert-OH is 1. The number of aliphatic hydroxyl groups is 1. The summed E-state index contributed by atoms with van der Waals surface area (Å²) in [6, 6.07) is 0. The molecular formula is C10H22O3. The van der Waals surface area contributed by atoms with Gasteiger partial charge in [-0.1, -0.05) is 20.8 Å². The summed E-state index contributed by atoms with van der Waals surface area (Å²) in [5.74, 6) is 0. The van der Waals surface area contributed by atoms with Crippen molar-refractivity contribution in [2.45, 2.75) is 39.9 Å². The third kappa shape index (κ3) is 4.60. The number of hydrogen-bond donors (Lipinski definition) is 1. The van der Waals surface area contributed by atoms with E-state index >= 15 is 0 Å². The molecule has 2 unspecified atom stereocenters. The van der Waals surface area contributed by atoms with E-state index in [4.69, 9.17) is 9.47 Å². The lowest BCUT2D eigenvalue weighted by atomic mass is 9.86. The van der Waals surface area contributed by atoms with Crippen molar-refractivity contribution in [3.05, 3.63) is 0 Å². The van der Waals surface area contributed by atoms with E-state index in [1.807, 2.05) is 27.7 Å². The number of rotatable bonds is 5. The largest absolute Gasteiger partial charge is 0.388 e. The van der Waals surface area contributed by atoms with E-state index in [0.717, 1.165) is 0 Å². The lowest BCUT2D eigenvalue weighted by Crippen LogP contribution is -2.41. The van der Waals surface area contributed by atoms with Crippen molar-refractivity contribution >= 4 is 0 Å². The molecule has 3 heteroatoms. The monoisotopic (exact) mass is 190 g/mol. The van der Waals surface area contributed by atoms with E-state index in [1.54, 1.807) is 7.11 Å². The Kier molecular flexibility index (Phi) is 5.53. The molecule has 0 heterocycles. The van der Waals surface area contributed by atoms with Crippen molar-refractivity contribution in [2.24, 2.45) is 5.41 Å². The summed E-state index contributed by atoms with van der Waals surface area (Å²) >= 11 is 0. The Morgan fingerprint density at radius 1 is 1.31 bits per heavy atom. The molecular weight excluding hydrogens is 168 g/mol. The van der Waals surface area contributed by atoms with Crippen LogP contribution in [0.3, 0.4) is 0 Å². The molecule has 80 valence electrons. The highest BCUT2D eigenvalue weighted by Gasteiger charge is 2.31. The summed E-state index contributed by atoms with van der Waals surface area (Å²) in [6.07, 6.45) is -0.732. The Bertz CT molecular complexity index is 129. The minimum Gasteiger partial charge on any atom is -0.388 e. The van der Waals surface area contributed by atoms with Crippen LogP contribution in [0.5, 0.6) is 0 Å². The molecule has 0 aliphatic carbocycles. The zero-order chi connectivity index (χ0) is 10.5. The normalized spacial score (nSPS) is 17.1. The quantitative estimate of drug-likeness (QED) is 0.713. The van der Waals surface area contributed by atoms with Crippen LogP contribution in [0.15, 0.2) is 0 Å². The standard InChI is InChI=1S/C10H22O3/c1-6-13-7-8(11)9(12-5)10(2,3)4/h8-9,11H,6-7H2,1-5H3. The van der Waals surface area contributed by atoms with Gasteiger partial charge in [-0.25, -0.2) is 0 Å². The Morgan fingerprint density at radius 3 is 2.15 bits per heavy atom. The van der Waals surface area contributed by atoms with E-state index in [0.29, 0.717) is 13.2 Å². The van der Waals surface area contributed by atoms with Crippen LogP contribution in [0.1, 0.15) is 27.7 Å². The van der Waals surface area contributed by atoms with Gasteiger partial charge < -0.3 is 14.6 Å². The SMILES string of the molecule is CCOCC(O)C(OC)C(C)(C)C. The van der Waals surface area contributed by atoms with Gasteiger partial charge in [0.05, 0.1) is 12.7 Å². The smallest absolute Gasteiger partial charge is 0.104 e. The highest BCUT2D eigenvalue weighted by atomic mass is 16.5. The van der Waals surface area contributed by atoms with Crippen molar-refractivity contribution in [1.29, 1.82) is 0 Å². The van der Waals surface area contributed by atoms with Crippen LogP contribution in [-0.2, 0) is 9.47 Å². The molecule has 0 bridgehead atoms. The van der Waals surface area contributed by atoms with Gasteiger partial charge in [-0.2, -0.15) is 0 Å². The zero-order valence-corrected chi connectivity index (χ0v) is 9.33. The summed E-state index contributed by atoms with van der Waals surface area (Å²) in [4.78, 5) is 0. The molecule has 0 aromatic carbocycles. The molecule has 1 N–H and O–H groups in total. The van der Waals surface area contributed by atoms with Gasteiger partial charge in [-0.15, -0.1) is 0 Å². The first-order valence-corrected chi connectivity index (χ1v) is 4.72. The molecule has 0 fully saturated rings. The molecule has 0 aromatic rings. The molecule has 0 amide bonds. The van der Waals surface area contributed by atoms with Gasteiger partial charge >= 0.3 is 0 Å². The second-order valence-corrected chi connectivity index (χ2v) is 4.25. The van der Waals surface area contributed by atoms with Gasteiger partial charge in [-0.05, 0) is 12.3 Å². The van der Waals surface area contributed by atoms with E-state index in [2.05, 4.69) is 0 Å². The van der Waals surface area contributed by atoms with Crippen LogP contribution in [-0.4, -0.2) is 37.6 Å². The molecule has 2 atom stereocenters. The second-order valence-electron chi connectivity index (χ2n) is 4.25. The van der Waals surface area contributed by atoms with E-state index in [1.165, 1.54) is 0 Å². The van der Waals surface area contributed by atoms with Crippen LogP contribution in [0.4, 0.5) is 0 Å². The Labute approximate surface area is 81.0 Å². The maximum Gasteiger partial charge on any atom is 0.104 e. The highest BCUT2D eigenvalue weighted by Crippen LogP contribution is 2.24. The maximum absolute atomic E-state index is 9.73. The van der Waals surface area contributed by atoms with E-state index < -0.39 is 6.10 Å². The van der Waals surface area contributed by atoms with Crippen molar-refractivity contribution in [3.63, 3.8) is 0 Å². The number of hydrogen-bond acceptors (Lipinski definition) is 3. The Balaban J connectivity index is 4.07. The van der Waals surface area contributed by atoms with Gasteiger partial charge in [-0.3, -0.25) is 0 Å². The molecule has 13 heavy (non-hydrogen) atoms. The van der Waals surface area contributed by atoms with Gasteiger partial charge in [0.1, 0.15) is 6.10 Å². The topological polar surface area (TPSA) is 38.7 Å². The predicted molar refractivity (Wildman–Crippen MR) is 52.8 cm³/mol. The Morgan fingerprint density at radius 2 is 1.85 bits per heavy atom. The molecule has 3 nitrogen and oxygen atoms in total. The van der Waals surface area contributed by atoms with Crippen LogP contribution >= 0.6 is 0 Å². The fourth-order valence-electron chi connectivity index (χ4n) is 1.41. The summed E-state index contributed by atoms with van der Waals surface area (Å²) in [7, 11) is 1.62. The summed E-state index contributed by atoms with van der Waals surface area (Å²) < 4.78 is 10.4. The van der Waals surface area contributed by atoms with Crippen molar-refractivity contribution in [3.8, 4) is 0 Å². The molecule has 0 rings (SSSR count). The van der Waals surface area contributed by atoms with Gasteiger partial charge in [0, 0.05) is 13.7 Å². The third-order valence-electron chi connectivity index (χ3n) is 1.95. The lowest BCUT2D eigenvalue weighted by molar-refractivity contribution is -0.0975. The third-order valence-corrected chi connectivity index (χ3v) is 1.95. The predicted octanol–water partition coefficient (Wildman–Crippen LogP) is 1.44. The molecule has 0 spiro atoms. The minimum atomic E-state index is -0.551. The first-order chi connectivity index (χ1) is 5.93. The van der Waals surface area contributed by atoms with Crippen LogP contribution in [0.25, 0.3) is 0 Å². The molecule has 0 saturated carbocycles. The van der Waals surface area contributed by atoms with Gasteiger partial charge in [0.15, 0.2) is 0 Å². The summed E-state index contributed by atoms with van der Waals surface area (Å²) in [5, 5.41) is 9.73. The Hall–Kier alpha value is -0.120. The fraction of sp³-hybridized carbons (Fsp3) is 1.00. The minimum absolute atomic E-state index is 0.0642. The van der Waals surface area contributed by atoms with Crippen molar-refractivity contribution < 1.29 is 14.6 Å². The number of ether oxygens (including phenoxy) is 2. The molecule has 0 aliphatic rings. The maximum atomic E-state index is 9.73. The molecule has 0 aromatic heterocycles. The molecule has 0 radical (unpaired) electrons. The van der Waals surface area contributed by atoms with Crippen LogP contribution < -0.4 is 0 Å².